The molecule has 2 rings (SSSR count). The van der Waals surface area contributed by atoms with E-state index in [4.69, 9.17) is 0 Å². The molecule has 0 atom stereocenters. The van der Waals surface area contributed by atoms with E-state index >= 15 is 0 Å². The van der Waals surface area contributed by atoms with Crippen molar-refractivity contribution in [3.05, 3.63) is 41.7 Å². The largest absolute Gasteiger partial charge is 0.261 e. The first-order chi connectivity index (χ1) is 6.77. The van der Waals surface area contributed by atoms with Gasteiger partial charge in [-0.2, -0.15) is 0 Å². The fraction of sp³-hybridized carbons (Fsp3) is 0.308. The van der Waals surface area contributed by atoms with Crippen LogP contribution >= 0.6 is 0 Å². The number of benzene rings is 1. The van der Waals surface area contributed by atoms with Crippen molar-refractivity contribution in [3.8, 4) is 0 Å². The number of hydrogen-bond acceptors (Lipinski definition) is 1. The molecule has 0 bridgehead atoms. The van der Waals surface area contributed by atoms with Crippen molar-refractivity contribution in [3.63, 3.8) is 0 Å². The average Bonchev–Trinajstić information content (AvgIpc) is 2.21. The van der Waals surface area contributed by atoms with E-state index in [1.54, 1.807) is 0 Å². The third kappa shape index (κ3) is 2.11. The Morgan fingerprint density at radius 2 is 1.79 bits per heavy atom. The Morgan fingerprint density at radius 3 is 2.50 bits per heavy atom. The van der Waals surface area contributed by atoms with Gasteiger partial charge in [0.25, 0.3) is 0 Å². The molecule has 0 amide bonds. The highest BCUT2D eigenvalue weighted by Crippen LogP contribution is 2.17. The van der Waals surface area contributed by atoms with Crippen LogP contribution in [0.3, 0.4) is 0 Å². The van der Waals surface area contributed by atoms with Gasteiger partial charge in [-0.3, -0.25) is 4.98 Å². The zero-order valence-electron chi connectivity index (χ0n) is 9.33. The van der Waals surface area contributed by atoms with E-state index in [-0.39, 0.29) is 0 Å². The van der Waals surface area contributed by atoms with Gasteiger partial charge in [0.2, 0.25) is 0 Å². The van der Waals surface area contributed by atoms with E-state index in [9.17, 15) is 0 Å². The lowest BCUT2D eigenvalue weighted by atomic mass is 10.1. The standard InChI is InChI=1S/C11H11N.C2H6/c1-8-4-3-5-10-6-9(2)12-7-11(8)10;1-2/h3-7H,1-2H3;1-2H3. The van der Waals surface area contributed by atoms with Gasteiger partial charge in [-0.15, -0.1) is 0 Å². The molecule has 0 aliphatic heterocycles. The molecule has 0 saturated heterocycles. The van der Waals surface area contributed by atoms with Crippen LogP contribution in [-0.4, -0.2) is 4.98 Å². The summed E-state index contributed by atoms with van der Waals surface area (Å²) < 4.78 is 0. The number of pyridine rings is 1. The van der Waals surface area contributed by atoms with Gasteiger partial charge < -0.3 is 0 Å². The van der Waals surface area contributed by atoms with Crippen molar-refractivity contribution in [1.29, 1.82) is 0 Å². The molecular formula is C13H17N. The van der Waals surface area contributed by atoms with Crippen molar-refractivity contribution in [2.75, 3.05) is 0 Å². The summed E-state index contributed by atoms with van der Waals surface area (Å²) in [6.45, 7) is 8.13. The number of fused-ring (bicyclic) bond motifs is 1. The van der Waals surface area contributed by atoms with Crippen LogP contribution in [0.5, 0.6) is 0 Å². The molecule has 1 heterocycles. The maximum atomic E-state index is 4.27. The van der Waals surface area contributed by atoms with Crippen LogP contribution in [0.4, 0.5) is 0 Å². The molecular weight excluding hydrogens is 170 g/mol. The lowest BCUT2D eigenvalue weighted by molar-refractivity contribution is 1.22. The van der Waals surface area contributed by atoms with Gasteiger partial charge in [-0.1, -0.05) is 32.0 Å². The molecule has 1 aromatic heterocycles. The maximum absolute atomic E-state index is 4.27. The van der Waals surface area contributed by atoms with Crippen molar-refractivity contribution < 1.29 is 0 Å². The van der Waals surface area contributed by atoms with Crippen LogP contribution in [0.25, 0.3) is 10.8 Å². The van der Waals surface area contributed by atoms with Crippen molar-refractivity contribution >= 4 is 10.8 Å². The van der Waals surface area contributed by atoms with Crippen molar-refractivity contribution in [2.24, 2.45) is 0 Å². The van der Waals surface area contributed by atoms with Gasteiger partial charge in [0.15, 0.2) is 0 Å². The van der Waals surface area contributed by atoms with Gasteiger partial charge in [-0.05, 0) is 30.9 Å². The van der Waals surface area contributed by atoms with Crippen molar-refractivity contribution in [1.82, 2.24) is 4.98 Å². The molecule has 0 aliphatic rings. The van der Waals surface area contributed by atoms with Gasteiger partial charge >= 0.3 is 0 Å². The average molecular weight is 187 g/mol. The second kappa shape index (κ2) is 4.75. The molecule has 1 heteroatoms. The van der Waals surface area contributed by atoms with E-state index in [1.165, 1.54) is 16.3 Å². The Balaban J connectivity index is 0.000000461. The van der Waals surface area contributed by atoms with Gasteiger partial charge in [0.05, 0.1) is 0 Å². The van der Waals surface area contributed by atoms with Crippen LogP contribution < -0.4 is 0 Å². The van der Waals surface area contributed by atoms with Crippen LogP contribution in [0, 0.1) is 13.8 Å². The molecule has 0 unspecified atom stereocenters. The molecule has 2 aromatic rings. The minimum absolute atomic E-state index is 1.08. The van der Waals surface area contributed by atoms with Crippen LogP contribution in [-0.2, 0) is 0 Å². The monoisotopic (exact) mass is 187 g/mol. The SMILES string of the molecule is CC.Cc1cc2cccc(C)c2cn1. The zero-order chi connectivity index (χ0) is 10.6. The molecule has 0 N–H and O–H groups in total. The Labute approximate surface area is 85.8 Å². The predicted molar refractivity (Wildman–Crippen MR) is 62.6 cm³/mol. The molecule has 1 nitrogen and oxygen atoms in total. The minimum atomic E-state index is 1.08. The summed E-state index contributed by atoms with van der Waals surface area (Å²) in [6, 6.07) is 8.43. The Morgan fingerprint density at radius 1 is 1.07 bits per heavy atom. The van der Waals surface area contributed by atoms with Gasteiger partial charge in [-0.25, -0.2) is 0 Å². The van der Waals surface area contributed by atoms with Crippen LogP contribution in [0.1, 0.15) is 25.1 Å². The summed E-state index contributed by atoms with van der Waals surface area (Å²) in [5, 5.41) is 2.53. The summed E-state index contributed by atoms with van der Waals surface area (Å²) in [5.74, 6) is 0. The van der Waals surface area contributed by atoms with Crippen LogP contribution in [0.15, 0.2) is 30.5 Å². The number of hydrogen-bond donors (Lipinski definition) is 0. The second-order valence-corrected chi connectivity index (χ2v) is 3.12. The quantitative estimate of drug-likeness (QED) is 0.610. The number of aromatic nitrogens is 1. The van der Waals surface area contributed by atoms with E-state index in [0.29, 0.717) is 0 Å². The molecule has 0 aliphatic carbocycles. The molecule has 1 aromatic carbocycles. The molecule has 74 valence electrons. The molecule has 0 fully saturated rings. The summed E-state index contributed by atoms with van der Waals surface area (Å²) in [5.41, 5.74) is 2.37. The highest BCUT2D eigenvalue weighted by Gasteiger charge is 1.95. The lowest BCUT2D eigenvalue weighted by Crippen LogP contribution is -1.83. The summed E-state index contributed by atoms with van der Waals surface area (Å²) in [7, 11) is 0. The normalized spacial score (nSPS) is 9.43. The number of rotatable bonds is 0. The third-order valence-electron chi connectivity index (χ3n) is 2.12. The summed E-state index contributed by atoms with van der Waals surface area (Å²) in [6.07, 6.45) is 1.94. The Kier molecular flexibility index (Phi) is 3.63. The predicted octanol–water partition coefficient (Wildman–Crippen LogP) is 3.88. The summed E-state index contributed by atoms with van der Waals surface area (Å²) in [4.78, 5) is 4.27. The molecule has 0 radical (unpaired) electrons. The zero-order valence-corrected chi connectivity index (χ0v) is 9.33. The first-order valence-electron chi connectivity index (χ1n) is 5.09. The van der Waals surface area contributed by atoms with E-state index in [2.05, 4.69) is 36.2 Å². The first kappa shape index (κ1) is 10.7. The summed E-state index contributed by atoms with van der Waals surface area (Å²) >= 11 is 0. The fourth-order valence-corrected chi connectivity index (χ4v) is 1.43. The number of aryl methyl sites for hydroxylation is 2. The van der Waals surface area contributed by atoms with E-state index < -0.39 is 0 Å². The van der Waals surface area contributed by atoms with E-state index in [0.717, 1.165) is 5.69 Å². The van der Waals surface area contributed by atoms with Gasteiger partial charge in [0, 0.05) is 17.3 Å². The minimum Gasteiger partial charge on any atom is -0.261 e. The van der Waals surface area contributed by atoms with E-state index in [1.807, 2.05) is 27.0 Å². The van der Waals surface area contributed by atoms with Gasteiger partial charge in [0.1, 0.15) is 0 Å². The lowest BCUT2D eigenvalue weighted by Gasteiger charge is -2.00. The molecule has 14 heavy (non-hydrogen) atoms. The first-order valence-corrected chi connectivity index (χ1v) is 5.09. The number of nitrogens with zero attached hydrogens (tertiary/aromatic N) is 1. The fourth-order valence-electron chi connectivity index (χ4n) is 1.43. The smallest absolute Gasteiger partial charge is 0.0379 e. The Bertz CT molecular complexity index is 419. The van der Waals surface area contributed by atoms with Crippen LogP contribution in [0.2, 0.25) is 0 Å². The Hall–Kier alpha value is -1.37. The third-order valence-corrected chi connectivity index (χ3v) is 2.12. The molecule has 0 saturated carbocycles. The topological polar surface area (TPSA) is 12.9 Å². The highest BCUT2D eigenvalue weighted by molar-refractivity contribution is 5.84. The molecule has 0 spiro atoms. The highest BCUT2D eigenvalue weighted by atomic mass is 14.7. The second-order valence-electron chi connectivity index (χ2n) is 3.12. The van der Waals surface area contributed by atoms with Crippen molar-refractivity contribution in [2.45, 2.75) is 27.7 Å². The maximum Gasteiger partial charge on any atom is 0.0379 e.